The van der Waals surface area contributed by atoms with E-state index in [0.717, 1.165) is 0 Å². The van der Waals surface area contributed by atoms with Crippen molar-refractivity contribution in [2.24, 2.45) is 5.73 Å². The van der Waals surface area contributed by atoms with Crippen molar-refractivity contribution in [3.8, 4) is 11.5 Å². The molecule has 124 valence electrons. The van der Waals surface area contributed by atoms with Crippen LogP contribution in [0.3, 0.4) is 0 Å². The maximum atomic E-state index is 10.7. The maximum absolute atomic E-state index is 10.7. The number of hydrogen-bond acceptors (Lipinski definition) is 6. The zero-order valence-electron chi connectivity index (χ0n) is 12.3. The van der Waals surface area contributed by atoms with Crippen LogP contribution in [0.15, 0.2) is 53.4 Å². The van der Waals surface area contributed by atoms with Crippen LogP contribution in [0.2, 0.25) is 0 Å². The zero-order chi connectivity index (χ0) is 17.5. The average molecular weight is 339 g/mol. The Labute approximate surface area is 134 Å². The summed E-state index contributed by atoms with van der Waals surface area (Å²) >= 11 is 0. The number of aromatic hydroxyl groups is 1. The van der Waals surface area contributed by atoms with E-state index in [1.165, 1.54) is 18.2 Å². The topological polar surface area (TPSA) is 127 Å². The number of phenols is 1. The Morgan fingerprint density at radius 2 is 1.70 bits per heavy atom. The van der Waals surface area contributed by atoms with Crippen LogP contribution in [0.5, 0.6) is 11.5 Å². The van der Waals surface area contributed by atoms with Crippen molar-refractivity contribution in [2.75, 3.05) is 6.54 Å². The van der Waals surface area contributed by atoms with Gasteiger partial charge in [0.1, 0.15) is 0 Å². The fourth-order valence-corrected chi connectivity index (χ4v) is 2.28. The molecule has 0 aliphatic heterocycles. The van der Waals surface area contributed by atoms with E-state index >= 15 is 0 Å². The summed E-state index contributed by atoms with van der Waals surface area (Å²) in [6.07, 6.45) is 0. The van der Waals surface area contributed by atoms with Gasteiger partial charge in [0, 0.05) is 0 Å². The number of para-hydroxylation sites is 2. The minimum Gasteiger partial charge on any atom is -0.504 e. The third kappa shape index (κ3) is 6.07. The molecule has 0 unspecified atom stereocenters. The molecule has 2 rings (SSSR count). The monoisotopic (exact) mass is 339 g/mol. The molecule has 0 saturated carbocycles. The molecule has 0 radical (unpaired) electrons. The Kier molecular flexibility index (Phi) is 6.70. The Morgan fingerprint density at radius 1 is 1.13 bits per heavy atom. The predicted octanol–water partition coefficient (Wildman–Crippen LogP) is 1.50. The van der Waals surface area contributed by atoms with Gasteiger partial charge in [0.25, 0.3) is 10.1 Å². The van der Waals surface area contributed by atoms with Crippen molar-refractivity contribution in [1.29, 1.82) is 0 Å². The number of aryl methyl sites for hydroxylation is 1. The predicted molar refractivity (Wildman–Crippen MR) is 83.8 cm³/mol. The number of hydrogen-bond donors (Lipinski definition) is 3. The number of phenolic OH excluding ortho intramolecular Hbond substituents is 1. The van der Waals surface area contributed by atoms with Gasteiger partial charge in [0.2, 0.25) is 0 Å². The minimum atomic E-state index is -4.03. The molecule has 0 spiro atoms. The van der Waals surface area contributed by atoms with Crippen molar-refractivity contribution in [3.63, 3.8) is 0 Å². The number of carbonyl (C=O) groups excluding carboxylic acids is 1. The normalized spacial score (nSPS) is 10.4. The van der Waals surface area contributed by atoms with Gasteiger partial charge in [0.15, 0.2) is 11.5 Å². The summed E-state index contributed by atoms with van der Waals surface area (Å²) in [4.78, 5) is 10.6. The summed E-state index contributed by atoms with van der Waals surface area (Å²) < 4.78 is 34.5. The first-order chi connectivity index (χ1) is 10.8. The lowest BCUT2D eigenvalue weighted by Gasteiger charge is -2.03. The highest BCUT2D eigenvalue weighted by atomic mass is 32.2. The molecule has 0 amide bonds. The van der Waals surface area contributed by atoms with Crippen LogP contribution in [0.4, 0.5) is 0 Å². The van der Waals surface area contributed by atoms with Crippen LogP contribution in [0.1, 0.15) is 5.56 Å². The molecule has 0 aliphatic rings. The van der Waals surface area contributed by atoms with E-state index in [2.05, 4.69) is 4.74 Å². The van der Waals surface area contributed by atoms with E-state index in [4.69, 9.17) is 15.4 Å². The minimum absolute atomic E-state index is 0.0278. The molecule has 4 N–H and O–H groups in total. The molecule has 0 atom stereocenters. The van der Waals surface area contributed by atoms with Crippen molar-refractivity contribution >= 4 is 16.1 Å². The van der Waals surface area contributed by atoms with Crippen LogP contribution in [-0.4, -0.2) is 30.6 Å². The number of rotatable bonds is 3. The van der Waals surface area contributed by atoms with Gasteiger partial charge in [-0.15, -0.1) is 0 Å². The van der Waals surface area contributed by atoms with E-state index in [-0.39, 0.29) is 22.9 Å². The molecule has 2 aromatic carbocycles. The number of benzene rings is 2. The van der Waals surface area contributed by atoms with E-state index in [1.807, 2.05) is 0 Å². The second-order valence-corrected chi connectivity index (χ2v) is 5.78. The Balaban J connectivity index is 0.000000231. The Bertz CT molecular complexity index is 773. The van der Waals surface area contributed by atoms with E-state index in [9.17, 15) is 13.2 Å². The van der Waals surface area contributed by atoms with Crippen LogP contribution in [0.25, 0.3) is 0 Å². The lowest BCUT2D eigenvalue weighted by molar-refractivity contribution is -0.132. The van der Waals surface area contributed by atoms with Crippen LogP contribution in [0, 0.1) is 6.92 Å². The van der Waals surface area contributed by atoms with Crippen molar-refractivity contribution in [3.05, 3.63) is 54.1 Å². The molecular weight excluding hydrogens is 322 g/mol. The maximum Gasteiger partial charge on any atom is 0.325 e. The van der Waals surface area contributed by atoms with E-state index in [0.29, 0.717) is 5.56 Å². The summed E-state index contributed by atoms with van der Waals surface area (Å²) in [7, 11) is -4.03. The van der Waals surface area contributed by atoms with Gasteiger partial charge in [-0.2, -0.15) is 8.42 Å². The van der Waals surface area contributed by atoms with Gasteiger partial charge >= 0.3 is 5.97 Å². The fraction of sp³-hybridized carbons (Fsp3) is 0.133. The van der Waals surface area contributed by atoms with Crippen molar-refractivity contribution in [2.45, 2.75) is 11.8 Å². The van der Waals surface area contributed by atoms with Crippen LogP contribution >= 0.6 is 0 Å². The largest absolute Gasteiger partial charge is 0.504 e. The zero-order valence-corrected chi connectivity index (χ0v) is 13.2. The number of ether oxygens (including phenoxy) is 1. The van der Waals surface area contributed by atoms with Gasteiger partial charge in [-0.25, -0.2) is 0 Å². The first kappa shape index (κ1) is 18.6. The molecule has 0 heterocycles. The number of esters is 1. The average Bonchev–Trinajstić information content (AvgIpc) is 2.49. The Hall–Kier alpha value is -2.42. The Morgan fingerprint density at radius 3 is 2.17 bits per heavy atom. The molecule has 7 nitrogen and oxygen atoms in total. The summed E-state index contributed by atoms with van der Waals surface area (Å²) in [6.45, 7) is 1.43. The highest BCUT2D eigenvalue weighted by molar-refractivity contribution is 7.85. The van der Waals surface area contributed by atoms with Crippen molar-refractivity contribution < 1.29 is 27.6 Å². The van der Waals surface area contributed by atoms with Gasteiger partial charge in [-0.3, -0.25) is 9.35 Å². The molecule has 0 aromatic heterocycles. The van der Waals surface area contributed by atoms with Gasteiger partial charge in [-0.1, -0.05) is 30.3 Å². The van der Waals surface area contributed by atoms with Crippen LogP contribution in [-0.2, 0) is 14.9 Å². The quantitative estimate of drug-likeness (QED) is 0.439. The highest BCUT2D eigenvalue weighted by Crippen LogP contribution is 2.24. The lowest BCUT2D eigenvalue weighted by Crippen LogP contribution is -2.19. The smallest absolute Gasteiger partial charge is 0.325 e. The molecule has 0 saturated heterocycles. The second-order valence-electron chi connectivity index (χ2n) is 4.39. The highest BCUT2D eigenvalue weighted by Gasteiger charge is 2.10. The first-order valence-corrected chi connectivity index (χ1v) is 7.91. The van der Waals surface area contributed by atoms with E-state index < -0.39 is 16.1 Å². The molecule has 8 heteroatoms. The summed E-state index contributed by atoms with van der Waals surface area (Å²) in [5, 5.41) is 9.14. The molecular formula is C15H17NO6S. The van der Waals surface area contributed by atoms with E-state index in [1.54, 1.807) is 37.3 Å². The third-order valence-electron chi connectivity index (χ3n) is 2.63. The fourth-order valence-electron chi connectivity index (χ4n) is 1.55. The summed E-state index contributed by atoms with van der Waals surface area (Å²) in [6, 6.07) is 12.5. The van der Waals surface area contributed by atoms with Crippen molar-refractivity contribution in [1.82, 2.24) is 0 Å². The number of nitrogens with two attached hydrogens (primary N) is 1. The lowest BCUT2D eigenvalue weighted by atomic mass is 10.2. The van der Waals surface area contributed by atoms with Crippen LogP contribution < -0.4 is 10.5 Å². The molecule has 0 fully saturated rings. The van der Waals surface area contributed by atoms with Gasteiger partial charge in [0.05, 0.1) is 11.4 Å². The number of carbonyl (C=O) groups is 1. The second kappa shape index (κ2) is 8.28. The SMILES string of the molecule is Cc1ccccc1S(=O)(=O)O.NCC(=O)Oc1ccccc1O. The van der Waals surface area contributed by atoms with Gasteiger partial charge in [-0.05, 0) is 30.7 Å². The summed E-state index contributed by atoms with van der Waals surface area (Å²) in [5.41, 5.74) is 5.56. The molecule has 0 aliphatic carbocycles. The van der Waals surface area contributed by atoms with Gasteiger partial charge < -0.3 is 15.6 Å². The third-order valence-corrected chi connectivity index (χ3v) is 3.64. The molecule has 23 heavy (non-hydrogen) atoms. The standard InChI is InChI=1S/C8H9NO3.C7H8O3S/c9-5-8(11)12-7-4-2-1-3-6(7)10;1-6-4-2-3-5-7(6)11(8,9)10/h1-4,10H,5,9H2;2-5H,1H3,(H,8,9,10). The summed E-state index contributed by atoms with van der Waals surface area (Å²) in [5.74, 6) is -0.510. The molecule has 2 aromatic rings. The first-order valence-electron chi connectivity index (χ1n) is 6.47. The molecule has 0 bridgehead atoms.